The predicted molar refractivity (Wildman–Crippen MR) is 105 cm³/mol. The lowest BCUT2D eigenvalue weighted by Gasteiger charge is -2.36. The minimum atomic E-state index is -0.510. The number of fused-ring (bicyclic) bond motifs is 4. The molecule has 0 unspecified atom stereocenters. The first-order valence-corrected chi connectivity index (χ1v) is 9.41. The third kappa shape index (κ3) is 2.24. The molecule has 0 radical (unpaired) electrons. The number of carbonyl (C=O) groups is 2. The Morgan fingerprint density at radius 1 is 1.18 bits per heavy atom. The SMILES string of the molecule is COC(=O)c1cn2c(C)c(C)nc2c2c1C(=O)CC1(Cc3ccccc3C1)N2. The van der Waals surface area contributed by atoms with Crippen molar-refractivity contribution < 1.29 is 14.3 Å². The number of Topliss-reactive ketones (excluding diaryl/α,β-unsaturated/α-hetero) is 1. The van der Waals surface area contributed by atoms with Gasteiger partial charge in [0.2, 0.25) is 0 Å². The van der Waals surface area contributed by atoms with Crippen LogP contribution in [0.1, 0.15) is 49.7 Å². The fourth-order valence-corrected chi connectivity index (χ4v) is 4.69. The van der Waals surface area contributed by atoms with Crippen molar-refractivity contribution in [2.24, 2.45) is 0 Å². The fourth-order valence-electron chi connectivity index (χ4n) is 4.69. The molecule has 0 bridgehead atoms. The average Bonchev–Trinajstić information content (AvgIpc) is 3.17. The number of hydrogen-bond donors (Lipinski definition) is 1. The first-order chi connectivity index (χ1) is 13.4. The van der Waals surface area contributed by atoms with Crippen LogP contribution in [0.25, 0.3) is 5.65 Å². The standard InChI is InChI=1S/C22H21N3O3/c1-12-13(2)25-11-16(21(27)28-3)18-17(26)10-22(24-19(18)20(25)23-12)8-14-6-4-5-7-15(14)9-22/h4-7,11,24H,8-10H2,1-3H3. The highest BCUT2D eigenvalue weighted by Crippen LogP contribution is 2.43. The van der Waals surface area contributed by atoms with E-state index in [2.05, 4.69) is 22.4 Å². The van der Waals surface area contributed by atoms with Crippen molar-refractivity contribution in [3.05, 3.63) is 64.1 Å². The molecule has 142 valence electrons. The van der Waals surface area contributed by atoms with E-state index in [0.29, 0.717) is 23.3 Å². The number of aromatic nitrogens is 2. The minimum Gasteiger partial charge on any atom is -0.465 e. The zero-order valence-corrected chi connectivity index (χ0v) is 16.1. The van der Waals surface area contributed by atoms with Crippen LogP contribution < -0.4 is 5.32 Å². The summed E-state index contributed by atoms with van der Waals surface area (Å²) in [6, 6.07) is 8.31. The Morgan fingerprint density at radius 3 is 2.50 bits per heavy atom. The Balaban J connectivity index is 1.73. The van der Waals surface area contributed by atoms with E-state index >= 15 is 0 Å². The summed E-state index contributed by atoms with van der Waals surface area (Å²) >= 11 is 0. The van der Waals surface area contributed by atoms with Gasteiger partial charge in [0, 0.05) is 18.3 Å². The molecule has 1 N–H and O–H groups in total. The van der Waals surface area contributed by atoms with Crippen molar-refractivity contribution in [2.45, 2.75) is 38.6 Å². The van der Waals surface area contributed by atoms with E-state index in [1.807, 2.05) is 30.4 Å². The molecule has 3 aromatic rings. The maximum atomic E-state index is 13.3. The zero-order chi connectivity index (χ0) is 19.6. The van der Waals surface area contributed by atoms with Gasteiger partial charge in [0.05, 0.1) is 35.2 Å². The molecule has 2 aliphatic rings. The van der Waals surface area contributed by atoms with Gasteiger partial charge in [0.1, 0.15) is 0 Å². The third-order valence-electron chi connectivity index (χ3n) is 6.14. The van der Waals surface area contributed by atoms with Crippen LogP contribution in [0.3, 0.4) is 0 Å². The number of nitrogens with one attached hydrogen (secondary N) is 1. The average molecular weight is 375 g/mol. The van der Waals surface area contributed by atoms with Crippen LogP contribution in [-0.4, -0.2) is 33.8 Å². The van der Waals surface area contributed by atoms with E-state index in [0.717, 1.165) is 24.2 Å². The number of ether oxygens (including phenoxy) is 1. The third-order valence-corrected chi connectivity index (χ3v) is 6.14. The molecule has 0 saturated carbocycles. The van der Waals surface area contributed by atoms with Crippen LogP contribution in [0.5, 0.6) is 0 Å². The number of ketones is 1. The number of imidazole rings is 1. The zero-order valence-electron chi connectivity index (χ0n) is 16.1. The van der Waals surface area contributed by atoms with Gasteiger partial charge in [0.25, 0.3) is 0 Å². The van der Waals surface area contributed by atoms with Crippen LogP contribution in [0, 0.1) is 13.8 Å². The molecular weight excluding hydrogens is 354 g/mol. The Bertz CT molecular complexity index is 1150. The lowest BCUT2D eigenvalue weighted by Crippen LogP contribution is -2.45. The van der Waals surface area contributed by atoms with Crippen molar-refractivity contribution in [1.29, 1.82) is 0 Å². The molecule has 0 amide bonds. The number of nitrogens with zero attached hydrogens (tertiary/aromatic N) is 2. The van der Waals surface area contributed by atoms with E-state index in [9.17, 15) is 9.59 Å². The second-order valence-corrected chi connectivity index (χ2v) is 7.89. The molecular formula is C22H21N3O3. The number of rotatable bonds is 1. The van der Waals surface area contributed by atoms with Crippen molar-refractivity contribution in [2.75, 3.05) is 12.4 Å². The fraction of sp³-hybridized carbons (Fsp3) is 0.318. The smallest absolute Gasteiger partial charge is 0.340 e. The van der Waals surface area contributed by atoms with Gasteiger partial charge in [-0.3, -0.25) is 4.79 Å². The summed E-state index contributed by atoms with van der Waals surface area (Å²) in [4.78, 5) is 30.4. The van der Waals surface area contributed by atoms with E-state index in [1.54, 1.807) is 6.20 Å². The number of hydrogen-bond acceptors (Lipinski definition) is 5. The maximum absolute atomic E-state index is 13.3. The van der Waals surface area contributed by atoms with E-state index in [-0.39, 0.29) is 16.9 Å². The first-order valence-electron chi connectivity index (χ1n) is 9.41. The van der Waals surface area contributed by atoms with E-state index in [1.165, 1.54) is 18.2 Å². The van der Waals surface area contributed by atoms with Crippen molar-refractivity contribution in [3.8, 4) is 0 Å². The number of methoxy groups -OCH3 is 1. The molecule has 6 heteroatoms. The summed E-state index contributed by atoms with van der Waals surface area (Å²) in [5.74, 6) is -0.549. The highest BCUT2D eigenvalue weighted by atomic mass is 16.5. The number of benzene rings is 1. The first kappa shape index (κ1) is 17.0. The number of pyridine rings is 1. The van der Waals surface area contributed by atoms with Gasteiger partial charge in [-0.1, -0.05) is 24.3 Å². The number of esters is 1. The lowest BCUT2D eigenvalue weighted by atomic mass is 9.82. The van der Waals surface area contributed by atoms with Gasteiger partial charge >= 0.3 is 5.97 Å². The van der Waals surface area contributed by atoms with Gasteiger partial charge in [-0.05, 0) is 37.8 Å². The number of carbonyl (C=O) groups excluding carboxylic acids is 2. The molecule has 1 spiro atoms. The molecule has 5 rings (SSSR count). The van der Waals surface area contributed by atoms with Crippen molar-refractivity contribution in [1.82, 2.24) is 9.38 Å². The van der Waals surface area contributed by atoms with Crippen LogP contribution in [0.15, 0.2) is 30.5 Å². The van der Waals surface area contributed by atoms with Gasteiger partial charge in [-0.2, -0.15) is 0 Å². The van der Waals surface area contributed by atoms with Crippen LogP contribution in [0.2, 0.25) is 0 Å². The topological polar surface area (TPSA) is 72.7 Å². The van der Waals surface area contributed by atoms with Crippen molar-refractivity contribution in [3.63, 3.8) is 0 Å². The quantitative estimate of drug-likeness (QED) is 0.661. The summed E-state index contributed by atoms with van der Waals surface area (Å²) in [6.07, 6.45) is 3.58. The Labute approximate surface area is 162 Å². The van der Waals surface area contributed by atoms with Crippen LogP contribution >= 0.6 is 0 Å². The Kier molecular flexibility index (Phi) is 3.44. The minimum absolute atomic E-state index is 0.0391. The highest BCUT2D eigenvalue weighted by Gasteiger charge is 2.45. The van der Waals surface area contributed by atoms with Crippen LogP contribution in [0.4, 0.5) is 5.69 Å². The molecule has 1 aliphatic heterocycles. The largest absolute Gasteiger partial charge is 0.465 e. The molecule has 0 fully saturated rings. The second-order valence-electron chi connectivity index (χ2n) is 7.89. The highest BCUT2D eigenvalue weighted by molar-refractivity contribution is 6.14. The lowest BCUT2D eigenvalue weighted by molar-refractivity contribution is 0.0595. The number of aryl methyl sites for hydroxylation is 2. The van der Waals surface area contributed by atoms with Gasteiger partial charge < -0.3 is 14.5 Å². The molecule has 6 nitrogen and oxygen atoms in total. The molecule has 1 aromatic carbocycles. The predicted octanol–water partition coefficient (Wildman–Crippen LogP) is 3.27. The maximum Gasteiger partial charge on any atom is 0.340 e. The normalized spacial score (nSPS) is 16.8. The molecule has 28 heavy (non-hydrogen) atoms. The summed E-state index contributed by atoms with van der Waals surface area (Å²) in [5.41, 5.74) is 5.96. The summed E-state index contributed by atoms with van der Waals surface area (Å²) in [6.45, 7) is 3.88. The Morgan fingerprint density at radius 2 is 1.86 bits per heavy atom. The second kappa shape index (κ2) is 5.67. The molecule has 0 saturated heterocycles. The summed E-state index contributed by atoms with van der Waals surface area (Å²) in [5, 5.41) is 3.64. The van der Waals surface area contributed by atoms with E-state index < -0.39 is 5.97 Å². The van der Waals surface area contributed by atoms with Gasteiger partial charge in [0.15, 0.2) is 11.4 Å². The summed E-state index contributed by atoms with van der Waals surface area (Å²) < 4.78 is 6.84. The van der Waals surface area contributed by atoms with Gasteiger partial charge in [-0.15, -0.1) is 0 Å². The van der Waals surface area contributed by atoms with Crippen molar-refractivity contribution >= 4 is 23.1 Å². The molecule has 3 heterocycles. The number of anilines is 1. The van der Waals surface area contributed by atoms with Gasteiger partial charge in [-0.25, -0.2) is 9.78 Å². The molecule has 2 aromatic heterocycles. The molecule has 1 aliphatic carbocycles. The van der Waals surface area contributed by atoms with Crippen LogP contribution in [-0.2, 0) is 17.6 Å². The van der Waals surface area contributed by atoms with E-state index in [4.69, 9.17) is 4.74 Å². The summed E-state index contributed by atoms with van der Waals surface area (Å²) in [7, 11) is 1.33. The Hall–Kier alpha value is -3.15. The molecule has 0 atom stereocenters. The monoisotopic (exact) mass is 375 g/mol.